The number of aryl methyl sites for hydroxylation is 1. The summed E-state index contributed by atoms with van der Waals surface area (Å²) >= 11 is 6.08. The number of anilines is 1. The van der Waals surface area contributed by atoms with E-state index >= 15 is 0 Å². The van der Waals surface area contributed by atoms with E-state index in [1.54, 1.807) is 13.2 Å². The summed E-state index contributed by atoms with van der Waals surface area (Å²) in [5.74, 6) is 0. The summed E-state index contributed by atoms with van der Waals surface area (Å²) in [6.07, 6.45) is 5.31. The van der Waals surface area contributed by atoms with E-state index in [-0.39, 0.29) is 10.6 Å². The van der Waals surface area contributed by atoms with E-state index in [4.69, 9.17) is 11.6 Å². The van der Waals surface area contributed by atoms with E-state index in [1.807, 2.05) is 11.9 Å². The standard InChI is InChI=1S/C12H19ClN4O/c1-16(8-9-5-3-4-6-14-9)10-7-15-17(2)12(18)11(10)13/h7,9,14H,3-6,8H2,1-2H3. The molecule has 2 rings (SSSR count). The maximum Gasteiger partial charge on any atom is 0.287 e. The third-order valence-corrected chi connectivity index (χ3v) is 3.73. The Kier molecular flexibility index (Phi) is 4.24. The van der Waals surface area contributed by atoms with Crippen LogP contribution >= 0.6 is 11.6 Å². The van der Waals surface area contributed by atoms with Crippen LogP contribution < -0.4 is 15.8 Å². The van der Waals surface area contributed by atoms with Crippen LogP contribution in [0.25, 0.3) is 0 Å². The van der Waals surface area contributed by atoms with Crippen molar-refractivity contribution in [1.82, 2.24) is 15.1 Å². The first-order valence-electron chi connectivity index (χ1n) is 6.26. The van der Waals surface area contributed by atoms with Crippen molar-refractivity contribution in [2.24, 2.45) is 7.05 Å². The first kappa shape index (κ1) is 13.4. The van der Waals surface area contributed by atoms with Crippen LogP contribution in [-0.4, -0.2) is 36.0 Å². The molecule has 1 aromatic rings. The van der Waals surface area contributed by atoms with Crippen LogP contribution in [0.4, 0.5) is 5.69 Å². The highest BCUT2D eigenvalue weighted by Gasteiger charge is 2.17. The SMILES string of the molecule is CN(CC1CCCCN1)c1cnn(C)c(=O)c1Cl. The molecule has 1 atom stereocenters. The van der Waals surface area contributed by atoms with Gasteiger partial charge in [0.15, 0.2) is 0 Å². The van der Waals surface area contributed by atoms with Gasteiger partial charge in [-0.3, -0.25) is 4.79 Å². The Labute approximate surface area is 112 Å². The van der Waals surface area contributed by atoms with Crippen LogP contribution in [0.5, 0.6) is 0 Å². The molecule has 6 heteroatoms. The number of piperidine rings is 1. The molecule has 2 heterocycles. The summed E-state index contributed by atoms with van der Waals surface area (Å²) in [5, 5.41) is 7.73. The van der Waals surface area contributed by atoms with Crippen molar-refractivity contribution in [2.75, 3.05) is 25.0 Å². The van der Waals surface area contributed by atoms with Crippen LogP contribution in [-0.2, 0) is 7.05 Å². The van der Waals surface area contributed by atoms with Gasteiger partial charge in [0.1, 0.15) is 5.02 Å². The van der Waals surface area contributed by atoms with Gasteiger partial charge in [-0.1, -0.05) is 18.0 Å². The average Bonchev–Trinajstić information content (AvgIpc) is 2.37. The fraction of sp³-hybridized carbons (Fsp3) is 0.667. The lowest BCUT2D eigenvalue weighted by molar-refractivity contribution is 0.403. The quantitative estimate of drug-likeness (QED) is 0.891. The van der Waals surface area contributed by atoms with Gasteiger partial charge >= 0.3 is 0 Å². The Balaban J connectivity index is 2.11. The third kappa shape index (κ3) is 2.84. The molecule has 1 unspecified atom stereocenters. The molecule has 1 N–H and O–H groups in total. The predicted octanol–water partition coefficient (Wildman–Crippen LogP) is 1.01. The number of halogens is 1. The summed E-state index contributed by atoms with van der Waals surface area (Å²) in [6.45, 7) is 1.91. The van der Waals surface area contributed by atoms with E-state index in [1.165, 1.54) is 23.9 Å². The fourth-order valence-corrected chi connectivity index (χ4v) is 2.59. The van der Waals surface area contributed by atoms with Gasteiger partial charge in [-0.2, -0.15) is 5.10 Å². The molecule has 1 aromatic heterocycles. The lowest BCUT2D eigenvalue weighted by Crippen LogP contribution is -2.43. The molecule has 1 aliphatic rings. The van der Waals surface area contributed by atoms with Crippen LogP contribution in [0.3, 0.4) is 0 Å². The minimum atomic E-state index is -0.252. The zero-order valence-corrected chi connectivity index (χ0v) is 11.6. The summed E-state index contributed by atoms with van der Waals surface area (Å²) in [5.41, 5.74) is 0.449. The summed E-state index contributed by atoms with van der Waals surface area (Å²) in [6, 6.07) is 0.462. The minimum absolute atomic E-state index is 0.241. The molecule has 0 spiro atoms. The summed E-state index contributed by atoms with van der Waals surface area (Å²) in [7, 11) is 3.54. The third-order valence-electron chi connectivity index (χ3n) is 3.38. The lowest BCUT2D eigenvalue weighted by Gasteiger charge is -2.29. The second kappa shape index (κ2) is 5.71. The molecule has 1 fully saturated rings. The van der Waals surface area contributed by atoms with Crippen molar-refractivity contribution in [1.29, 1.82) is 0 Å². The van der Waals surface area contributed by atoms with Crippen molar-refractivity contribution in [3.05, 3.63) is 21.6 Å². The van der Waals surface area contributed by atoms with Crippen LogP contribution in [0, 0.1) is 0 Å². The second-order valence-electron chi connectivity index (χ2n) is 4.80. The van der Waals surface area contributed by atoms with E-state index < -0.39 is 0 Å². The maximum absolute atomic E-state index is 11.7. The molecule has 5 nitrogen and oxygen atoms in total. The van der Waals surface area contributed by atoms with E-state index in [9.17, 15) is 4.79 Å². The monoisotopic (exact) mass is 270 g/mol. The van der Waals surface area contributed by atoms with Crippen molar-refractivity contribution in [3.8, 4) is 0 Å². The van der Waals surface area contributed by atoms with Crippen molar-refractivity contribution in [2.45, 2.75) is 25.3 Å². The number of hydrogen-bond donors (Lipinski definition) is 1. The number of rotatable bonds is 3. The topological polar surface area (TPSA) is 50.2 Å². The van der Waals surface area contributed by atoms with Gasteiger partial charge in [-0.25, -0.2) is 4.68 Å². The summed E-state index contributed by atoms with van der Waals surface area (Å²) < 4.78 is 1.25. The van der Waals surface area contributed by atoms with Crippen molar-refractivity contribution in [3.63, 3.8) is 0 Å². The van der Waals surface area contributed by atoms with Gasteiger partial charge in [-0.05, 0) is 19.4 Å². The minimum Gasteiger partial charge on any atom is -0.370 e. The van der Waals surface area contributed by atoms with Gasteiger partial charge in [0.2, 0.25) is 0 Å². The smallest absolute Gasteiger partial charge is 0.287 e. The molecule has 0 aromatic carbocycles. The van der Waals surface area contributed by atoms with Crippen LogP contribution in [0.1, 0.15) is 19.3 Å². The Morgan fingerprint density at radius 2 is 2.39 bits per heavy atom. The summed E-state index contributed by atoms with van der Waals surface area (Å²) in [4.78, 5) is 13.7. The van der Waals surface area contributed by atoms with E-state index in [0.717, 1.165) is 13.1 Å². The molecule has 0 saturated carbocycles. The maximum atomic E-state index is 11.7. The van der Waals surface area contributed by atoms with E-state index in [2.05, 4.69) is 10.4 Å². The van der Waals surface area contributed by atoms with Gasteiger partial charge in [0.25, 0.3) is 5.56 Å². The normalized spacial score (nSPS) is 19.8. The molecule has 0 aliphatic carbocycles. The molecule has 18 heavy (non-hydrogen) atoms. The highest BCUT2D eigenvalue weighted by molar-refractivity contribution is 6.33. The first-order chi connectivity index (χ1) is 8.59. The Morgan fingerprint density at radius 3 is 3.06 bits per heavy atom. The number of aromatic nitrogens is 2. The second-order valence-corrected chi connectivity index (χ2v) is 5.18. The van der Waals surface area contributed by atoms with Crippen molar-refractivity contribution >= 4 is 17.3 Å². The number of nitrogens with zero attached hydrogens (tertiary/aromatic N) is 3. The number of likely N-dealkylation sites (N-methyl/N-ethyl adjacent to an activating group) is 1. The molecule has 0 amide bonds. The first-order valence-corrected chi connectivity index (χ1v) is 6.63. The molecular weight excluding hydrogens is 252 g/mol. The fourth-order valence-electron chi connectivity index (χ4n) is 2.28. The zero-order valence-electron chi connectivity index (χ0n) is 10.8. The van der Waals surface area contributed by atoms with Crippen molar-refractivity contribution < 1.29 is 0 Å². The Bertz CT molecular complexity index is 468. The molecule has 0 radical (unpaired) electrons. The molecule has 1 aliphatic heterocycles. The van der Waals surface area contributed by atoms with Gasteiger partial charge in [0, 0.05) is 26.7 Å². The molecule has 0 bridgehead atoms. The number of nitrogens with one attached hydrogen (secondary N) is 1. The van der Waals surface area contributed by atoms with Gasteiger partial charge < -0.3 is 10.2 Å². The molecule has 100 valence electrons. The largest absolute Gasteiger partial charge is 0.370 e. The Hall–Kier alpha value is -1.07. The molecular formula is C12H19ClN4O. The highest BCUT2D eigenvalue weighted by Crippen LogP contribution is 2.20. The average molecular weight is 271 g/mol. The predicted molar refractivity (Wildman–Crippen MR) is 73.4 cm³/mol. The van der Waals surface area contributed by atoms with Gasteiger partial charge in [-0.15, -0.1) is 0 Å². The molecule has 1 saturated heterocycles. The lowest BCUT2D eigenvalue weighted by atomic mass is 10.0. The van der Waals surface area contributed by atoms with E-state index in [0.29, 0.717) is 11.7 Å². The van der Waals surface area contributed by atoms with Crippen LogP contribution in [0.15, 0.2) is 11.0 Å². The zero-order chi connectivity index (χ0) is 13.1. The Morgan fingerprint density at radius 1 is 1.61 bits per heavy atom. The van der Waals surface area contributed by atoms with Gasteiger partial charge in [0.05, 0.1) is 11.9 Å². The number of hydrogen-bond acceptors (Lipinski definition) is 4. The highest BCUT2D eigenvalue weighted by atomic mass is 35.5. The van der Waals surface area contributed by atoms with Crippen LogP contribution in [0.2, 0.25) is 5.02 Å².